The number of rotatable bonds is 4. The molecule has 0 heterocycles. The SMILES string of the molecule is CN(CC(C)(C)O)C(=O)CC(N)C(C)(C)C. The van der Waals surface area contributed by atoms with Crippen molar-refractivity contribution in [3.63, 3.8) is 0 Å². The Morgan fingerprint density at radius 3 is 2.06 bits per heavy atom. The molecule has 0 aliphatic rings. The molecule has 0 bridgehead atoms. The lowest BCUT2D eigenvalue weighted by molar-refractivity contribution is -0.133. The first kappa shape index (κ1) is 15.4. The van der Waals surface area contributed by atoms with Crippen LogP contribution >= 0.6 is 0 Å². The molecule has 96 valence electrons. The molecule has 4 nitrogen and oxygen atoms in total. The number of carbonyl (C=O) groups is 1. The van der Waals surface area contributed by atoms with Crippen molar-refractivity contribution in [1.29, 1.82) is 0 Å². The molecule has 0 saturated carbocycles. The van der Waals surface area contributed by atoms with Gasteiger partial charge >= 0.3 is 0 Å². The van der Waals surface area contributed by atoms with Crippen LogP contribution in [0.1, 0.15) is 41.0 Å². The van der Waals surface area contributed by atoms with E-state index in [1.807, 2.05) is 20.8 Å². The average molecular weight is 230 g/mol. The smallest absolute Gasteiger partial charge is 0.223 e. The van der Waals surface area contributed by atoms with Gasteiger partial charge in [-0.05, 0) is 19.3 Å². The number of hydrogen-bond acceptors (Lipinski definition) is 3. The van der Waals surface area contributed by atoms with E-state index in [0.717, 1.165) is 0 Å². The molecule has 3 N–H and O–H groups in total. The Labute approximate surface area is 98.8 Å². The highest BCUT2D eigenvalue weighted by atomic mass is 16.3. The zero-order valence-corrected chi connectivity index (χ0v) is 11.4. The predicted molar refractivity (Wildman–Crippen MR) is 66.0 cm³/mol. The topological polar surface area (TPSA) is 66.6 Å². The van der Waals surface area contributed by atoms with E-state index < -0.39 is 5.60 Å². The minimum atomic E-state index is -0.865. The number of likely N-dealkylation sites (N-methyl/N-ethyl adjacent to an activating group) is 1. The van der Waals surface area contributed by atoms with E-state index in [-0.39, 0.29) is 17.4 Å². The third-order valence-corrected chi connectivity index (χ3v) is 2.56. The molecule has 1 amide bonds. The molecule has 0 fully saturated rings. The maximum atomic E-state index is 11.8. The average Bonchev–Trinajstić information content (AvgIpc) is 1.98. The summed E-state index contributed by atoms with van der Waals surface area (Å²) in [5.41, 5.74) is 5.00. The highest BCUT2D eigenvalue weighted by Gasteiger charge is 2.26. The summed E-state index contributed by atoms with van der Waals surface area (Å²) < 4.78 is 0. The Kier molecular flexibility index (Phi) is 4.95. The molecule has 0 aliphatic carbocycles. The van der Waals surface area contributed by atoms with E-state index in [1.165, 1.54) is 4.90 Å². The summed E-state index contributed by atoms with van der Waals surface area (Å²) in [7, 11) is 1.69. The van der Waals surface area contributed by atoms with E-state index in [0.29, 0.717) is 13.0 Å². The number of nitrogens with two attached hydrogens (primary N) is 1. The van der Waals surface area contributed by atoms with Crippen LogP contribution in [-0.4, -0.2) is 41.1 Å². The molecule has 0 spiro atoms. The molecule has 0 saturated heterocycles. The number of carbonyl (C=O) groups excluding carboxylic acids is 1. The Morgan fingerprint density at radius 2 is 1.75 bits per heavy atom. The molecule has 1 atom stereocenters. The lowest BCUT2D eigenvalue weighted by Crippen LogP contribution is -2.44. The quantitative estimate of drug-likeness (QED) is 0.756. The third-order valence-electron chi connectivity index (χ3n) is 2.56. The Balaban J connectivity index is 4.27. The summed E-state index contributed by atoms with van der Waals surface area (Å²) in [5, 5.41) is 9.61. The normalized spacial score (nSPS) is 14.8. The Hall–Kier alpha value is -0.610. The second-order valence-corrected chi connectivity index (χ2v) is 6.24. The highest BCUT2D eigenvalue weighted by Crippen LogP contribution is 2.20. The minimum absolute atomic E-state index is 0.0236. The maximum Gasteiger partial charge on any atom is 0.223 e. The lowest BCUT2D eigenvalue weighted by atomic mass is 9.85. The van der Waals surface area contributed by atoms with Crippen molar-refractivity contribution in [3.8, 4) is 0 Å². The summed E-state index contributed by atoms with van der Waals surface area (Å²) in [6.07, 6.45) is 0.316. The summed E-state index contributed by atoms with van der Waals surface area (Å²) in [5.74, 6) is -0.0236. The van der Waals surface area contributed by atoms with E-state index in [2.05, 4.69) is 0 Å². The van der Waals surface area contributed by atoms with Crippen molar-refractivity contribution >= 4 is 5.91 Å². The van der Waals surface area contributed by atoms with Crippen LogP contribution in [0.15, 0.2) is 0 Å². The van der Waals surface area contributed by atoms with Crippen molar-refractivity contribution in [1.82, 2.24) is 4.90 Å². The van der Waals surface area contributed by atoms with Gasteiger partial charge in [0, 0.05) is 26.1 Å². The maximum absolute atomic E-state index is 11.8. The van der Waals surface area contributed by atoms with Gasteiger partial charge < -0.3 is 15.7 Å². The van der Waals surface area contributed by atoms with Crippen molar-refractivity contribution < 1.29 is 9.90 Å². The molecule has 0 aromatic carbocycles. The molecule has 0 aromatic heterocycles. The minimum Gasteiger partial charge on any atom is -0.389 e. The summed E-state index contributed by atoms with van der Waals surface area (Å²) in [6.45, 7) is 9.73. The van der Waals surface area contributed by atoms with Crippen molar-refractivity contribution in [2.45, 2.75) is 52.7 Å². The molecule has 16 heavy (non-hydrogen) atoms. The fourth-order valence-electron chi connectivity index (χ4n) is 1.32. The highest BCUT2D eigenvalue weighted by molar-refractivity contribution is 5.76. The van der Waals surface area contributed by atoms with Gasteiger partial charge in [0.25, 0.3) is 0 Å². The molecule has 4 heteroatoms. The van der Waals surface area contributed by atoms with Crippen LogP contribution in [0, 0.1) is 5.41 Å². The zero-order chi connectivity index (χ0) is 13.1. The van der Waals surface area contributed by atoms with Crippen molar-refractivity contribution in [2.24, 2.45) is 11.1 Å². The second-order valence-electron chi connectivity index (χ2n) is 6.24. The number of aliphatic hydroxyl groups is 1. The van der Waals surface area contributed by atoms with E-state index in [4.69, 9.17) is 5.73 Å². The van der Waals surface area contributed by atoms with Crippen molar-refractivity contribution in [2.75, 3.05) is 13.6 Å². The summed E-state index contributed by atoms with van der Waals surface area (Å²) in [6, 6.07) is -0.163. The molecule has 0 radical (unpaired) electrons. The van der Waals surface area contributed by atoms with Crippen LogP contribution in [0.3, 0.4) is 0 Å². The molecule has 0 aromatic rings. The van der Waals surface area contributed by atoms with Gasteiger partial charge in [0.2, 0.25) is 5.91 Å². The molecular formula is C12H26N2O2. The molecular weight excluding hydrogens is 204 g/mol. The molecule has 0 rings (SSSR count). The first-order chi connectivity index (χ1) is 6.93. The van der Waals surface area contributed by atoms with Crippen LogP contribution < -0.4 is 5.73 Å². The molecule has 0 aliphatic heterocycles. The predicted octanol–water partition coefficient (Wildman–Crippen LogP) is 0.979. The Morgan fingerprint density at radius 1 is 1.31 bits per heavy atom. The van der Waals surface area contributed by atoms with Gasteiger partial charge in [0.1, 0.15) is 0 Å². The first-order valence-electron chi connectivity index (χ1n) is 5.65. The lowest BCUT2D eigenvalue weighted by Gasteiger charge is -2.30. The monoisotopic (exact) mass is 230 g/mol. The van der Waals surface area contributed by atoms with Crippen LogP contribution in [0.25, 0.3) is 0 Å². The third kappa shape index (κ3) is 6.08. The largest absolute Gasteiger partial charge is 0.389 e. The summed E-state index contributed by atoms with van der Waals surface area (Å²) >= 11 is 0. The fourth-order valence-corrected chi connectivity index (χ4v) is 1.32. The van der Waals surface area contributed by atoms with Gasteiger partial charge in [0.05, 0.1) is 5.60 Å². The van der Waals surface area contributed by atoms with Gasteiger partial charge in [-0.3, -0.25) is 4.79 Å². The Bertz CT molecular complexity index is 238. The van der Waals surface area contributed by atoms with E-state index in [1.54, 1.807) is 20.9 Å². The number of amides is 1. The zero-order valence-electron chi connectivity index (χ0n) is 11.4. The first-order valence-corrected chi connectivity index (χ1v) is 5.65. The number of hydrogen-bond donors (Lipinski definition) is 2. The summed E-state index contributed by atoms with van der Waals surface area (Å²) in [4.78, 5) is 13.3. The van der Waals surface area contributed by atoms with Crippen LogP contribution in [0.5, 0.6) is 0 Å². The van der Waals surface area contributed by atoms with Gasteiger partial charge in [-0.15, -0.1) is 0 Å². The van der Waals surface area contributed by atoms with Crippen LogP contribution in [-0.2, 0) is 4.79 Å². The number of nitrogens with zero attached hydrogens (tertiary/aromatic N) is 1. The molecule has 1 unspecified atom stereocenters. The fraction of sp³-hybridized carbons (Fsp3) is 0.917. The van der Waals surface area contributed by atoms with Crippen LogP contribution in [0.4, 0.5) is 0 Å². The van der Waals surface area contributed by atoms with Crippen LogP contribution in [0.2, 0.25) is 0 Å². The van der Waals surface area contributed by atoms with Gasteiger partial charge in [-0.25, -0.2) is 0 Å². The standard InChI is InChI=1S/C12H26N2O2/c1-11(2,3)9(13)7-10(15)14(6)8-12(4,5)16/h9,16H,7-8,13H2,1-6H3. The van der Waals surface area contributed by atoms with Crippen molar-refractivity contribution in [3.05, 3.63) is 0 Å². The van der Waals surface area contributed by atoms with Gasteiger partial charge in [0.15, 0.2) is 0 Å². The van der Waals surface area contributed by atoms with E-state index in [9.17, 15) is 9.90 Å². The van der Waals surface area contributed by atoms with Gasteiger partial charge in [-0.1, -0.05) is 20.8 Å². The van der Waals surface area contributed by atoms with E-state index >= 15 is 0 Å². The second kappa shape index (κ2) is 5.15. The van der Waals surface area contributed by atoms with Gasteiger partial charge in [-0.2, -0.15) is 0 Å².